The van der Waals surface area contributed by atoms with Gasteiger partial charge in [0, 0.05) is 24.6 Å². The molecule has 0 spiro atoms. The standard InChI is InChI=1S/C18H21N3O5/c22-15-7-8-16(23)21(15)10-12-3-1-2-4-14(12)20-18(26)19-13-6-5-11(9-13)17(24)25/h1-4,11,13H,5-10H2,(H,24,25)(H2,19,20,26)/t11-,13+/m1/s1. The monoisotopic (exact) mass is 359 g/mol. The van der Waals surface area contributed by atoms with Crippen LogP contribution in [-0.4, -0.2) is 39.9 Å². The molecular weight excluding hydrogens is 338 g/mol. The van der Waals surface area contributed by atoms with Crippen molar-refractivity contribution >= 4 is 29.5 Å². The van der Waals surface area contributed by atoms with E-state index in [2.05, 4.69) is 10.6 Å². The number of anilines is 1. The zero-order valence-electron chi connectivity index (χ0n) is 14.2. The highest BCUT2D eigenvalue weighted by atomic mass is 16.4. The number of para-hydroxylation sites is 1. The third-order valence-electron chi connectivity index (χ3n) is 4.87. The molecule has 1 saturated heterocycles. The summed E-state index contributed by atoms with van der Waals surface area (Å²) in [5.41, 5.74) is 1.19. The first-order valence-electron chi connectivity index (χ1n) is 8.65. The number of nitrogens with zero attached hydrogens (tertiary/aromatic N) is 1. The second kappa shape index (κ2) is 7.55. The van der Waals surface area contributed by atoms with Crippen LogP contribution in [0, 0.1) is 5.92 Å². The van der Waals surface area contributed by atoms with Crippen molar-refractivity contribution in [2.45, 2.75) is 44.7 Å². The van der Waals surface area contributed by atoms with Crippen molar-refractivity contribution in [3.8, 4) is 0 Å². The lowest BCUT2D eigenvalue weighted by molar-refractivity contribution is -0.142. The number of carboxylic acid groups (broad SMARTS) is 1. The third kappa shape index (κ3) is 4.01. The van der Waals surface area contributed by atoms with Gasteiger partial charge < -0.3 is 15.7 Å². The summed E-state index contributed by atoms with van der Waals surface area (Å²) in [6.45, 7) is 0.124. The summed E-state index contributed by atoms with van der Waals surface area (Å²) in [7, 11) is 0. The molecule has 1 aromatic carbocycles. The first kappa shape index (κ1) is 17.9. The number of nitrogens with one attached hydrogen (secondary N) is 2. The van der Waals surface area contributed by atoms with Gasteiger partial charge in [-0.3, -0.25) is 19.3 Å². The number of aliphatic carboxylic acids is 1. The average molecular weight is 359 g/mol. The first-order valence-corrected chi connectivity index (χ1v) is 8.65. The molecule has 26 heavy (non-hydrogen) atoms. The Morgan fingerprint density at radius 3 is 2.46 bits per heavy atom. The summed E-state index contributed by atoms with van der Waals surface area (Å²) in [4.78, 5) is 48.0. The summed E-state index contributed by atoms with van der Waals surface area (Å²) < 4.78 is 0. The van der Waals surface area contributed by atoms with Crippen molar-refractivity contribution in [2.75, 3.05) is 5.32 Å². The van der Waals surface area contributed by atoms with Gasteiger partial charge >= 0.3 is 12.0 Å². The Morgan fingerprint density at radius 2 is 1.81 bits per heavy atom. The topological polar surface area (TPSA) is 116 Å². The molecule has 3 N–H and O–H groups in total. The maximum Gasteiger partial charge on any atom is 0.319 e. The van der Waals surface area contributed by atoms with Crippen LogP contribution in [0.5, 0.6) is 0 Å². The van der Waals surface area contributed by atoms with Crippen LogP contribution >= 0.6 is 0 Å². The number of imide groups is 1. The van der Waals surface area contributed by atoms with E-state index in [-0.39, 0.29) is 37.2 Å². The Kier molecular flexibility index (Phi) is 5.20. The van der Waals surface area contributed by atoms with Crippen molar-refractivity contribution < 1.29 is 24.3 Å². The van der Waals surface area contributed by atoms with Crippen LogP contribution in [-0.2, 0) is 20.9 Å². The number of benzene rings is 1. The van der Waals surface area contributed by atoms with Crippen molar-refractivity contribution in [1.82, 2.24) is 10.2 Å². The first-order chi connectivity index (χ1) is 12.4. The minimum atomic E-state index is -0.833. The largest absolute Gasteiger partial charge is 0.481 e. The van der Waals surface area contributed by atoms with Crippen LogP contribution in [0.1, 0.15) is 37.7 Å². The molecule has 2 aliphatic rings. The maximum absolute atomic E-state index is 12.2. The molecule has 1 aromatic rings. The number of carbonyl (C=O) groups is 4. The SMILES string of the molecule is O=C(Nc1ccccc1CN1C(=O)CCC1=O)N[C@H]1CC[C@@H](C(=O)O)C1. The molecule has 8 nitrogen and oxygen atoms in total. The van der Waals surface area contributed by atoms with Gasteiger partial charge in [-0.2, -0.15) is 0 Å². The molecule has 2 fully saturated rings. The smallest absolute Gasteiger partial charge is 0.319 e. The van der Waals surface area contributed by atoms with Crippen LogP contribution in [0.25, 0.3) is 0 Å². The number of carboxylic acids is 1. The summed E-state index contributed by atoms with van der Waals surface area (Å²) in [6, 6.07) is 6.39. The molecule has 1 saturated carbocycles. The minimum Gasteiger partial charge on any atom is -0.481 e. The Morgan fingerprint density at radius 1 is 1.12 bits per heavy atom. The van der Waals surface area contributed by atoms with Crippen LogP contribution in [0.15, 0.2) is 24.3 Å². The summed E-state index contributed by atoms with van der Waals surface area (Å²) in [5, 5.41) is 14.6. The van der Waals surface area contributed by atoms with E-state index in [0.717, 1.165) is 0 Å². The highest BCUT2D eigenvalue weighted by Crippen LogP contribution is 2.26. The zero-order valence-corrected chi connectivity index (χ0v) is 14.2. The number of amides is 4. The lowest BCUT2D eigenvalue weighted by atomic mass is 10.1. The molecule has 0 aromatic heterocycles. The summed E-state index contributed by atoms with van der Waals surface area (Å²) >= 11 is 0. The van der Waals surface area contributed by atoms with E-state index in [4.69, 9.17) is 5.11 Å². The highest BCUT2D eigenvalue weighted by Gasteiger charge is 2.31. The predicted molar refractivity (Wildman–Crippen MR) is 92.2 cm³/mol. The van der Waals surface area contributed by atoms with E-state index in [1.54, 1.807) is 24.3 Å². The van der Waals surface area contributed by atoms with Gasteiger partial charge in [-0.15, -0.1) is 0 Å². The van der Waals surface area contributed by atoms with Crippen LogP contribution in [0.3, 0.4) is 0 Å². The molecule has 138 valence electrons. The quantitative estimate of drug-likeness (QED) is 0.692. The van der Waals surface area contributed by atoms with Crippen LogP contribution in [0.2, 0.25) is 0 Å². The molecule has 2 atom stereocenters. The van der Waals surface area contributed by atoms with Gasteiger partial charge in [-0.1, -0.05) is 18.2 Å². The Balaban J connectivity index is 1.61. The second-order valence-electron chi connectivity index (χ2n) is 6.67. The Bertz CT molecular complexity index is 732. The fraction of sp³-hybridized carbons (Fsp3) is 0.444. The fourth-order valence-corrected chi connectivity index (χ4v) is 3.43. The number of likely N-dealkylation sites (tertiary alicyclic amines) is 1. The summed E-state index contributed by atoms with van der Waals surface area (Å²) in [5.74, 6) is -1.67. The molecule has 0 unspecified atom stereocenters. The highest BCUT2D eigenvalue weighted by molar-refractivity contribution is 6.02. The lowest BCUT2D eigenvalue weighted by Crippen LogP contribution is -2.37. The van der Waals surface area contributed by atoms with Gasteiger partial charge in [0.2, 0.25) is 11.8 Å². The Hall–Kier alpha value is -2.90. The molecule has 3 rings (SSSR count). The van der Waals surface area contributed by atoms with E-state index < -0.39 is 17.9 Å². The molecule has 1 aliphatic carbocycles. The average Bonchev–Trinajstić information content (AvgIpc) is 3.18. The number of carbonyl (C=O) groups excluding carboxylic acids is 3. The normalized spacial score (nSPS) is 22.5. The maximum atomic E-state index is 12.2. The van der Waals surface area contributed by atoms with Crippen molar-refractivity contribution in [3.63, 3.8) is 0 Å². The fourth-order valence-electron chi connectivity index (χ4n) is 3.43. The molecule has 1 heterocycles. The number of hydrogen-bond donors (Lipinski definition) is 3. The van der Waals surface area contributed by atoms with E-state index in [1.165, 1.54) is 4.90 Å². The van der Waals surface area contributed by atoms with Crippen LogP contribution in [0.4, 0.5) is 10.5 Å². The van der Waals surface area contributed by atoms with Crippen LogP contribution < -0.4 is 10.6 Å². The molecule has 4 amide bonds. The van der Waals surface area contributed by atoms with Crippen molar-refractivity contribution in [1.29, 1.82) is 0 Å². The van der Waals surface area contributed by atoms with Gasteiger partial charge in [0.25, 0.3) is 0 Å². The van der Waals surface area contributed by atoms with E-state index in [1.807, 2.05) is 0 Å². The second-order valence-corrected chi connectivity index (χ2v) is 6.67. The molecule has 8 heteroatoms. The number of hydrogen-bond acceptors (Lipinski definition) is 4. The minimum absolute atomic E-state index is 0.124. The van der Waals surface area contributed by atoms with Crippen molar-refractivity contribution in [2.24, 2.45) is 5.92 Å². The number of urea groups is 1. The lowest BCUT2D eigenvalue weighted by Gasteiger charge is -2.18. The zero-order chi connectivity index (χ0) is 18.7. The summed E-state index contributed by atoms with van der Waals surface area (Å²) in [6.07, 6.45) is 2.04. The molecule has 0 bridgehead atoms. The van der Waals surface area contributed by atoms with E-state index in [9.17, 15) is 19.2 Å². The van der Waals surface area contributed by atoms with Gasteiger partial charge in [-0.25, -0.2) is 4.79 Å². The molecule has 1 aliphatic heterocycles. The van der Waals surface area contributed by atoms with Gasteiger partial charge in [0.1, 0.15) is 0 Å². The molecule has 0 radical (unpaired) electrons. The van der Waals surface area contributed by atoms with Gasteiger partial charge in [0.05, 0.1) is 12.5 Å². The van der Waals surface area contributed by atoms with Gasteiger partial charge in [0.15, 0.2) is 0 Å². The predicted octanol–water partition coefficient (Wildman–Crippen LogP) is 1.71. The Labute approximate surface area is 150 Å². The number of rotatable bonds is 5. The molecular formula is C18H21N3O5. The van der Waals surface area contributed by atoms with E-state index >= 15 is 0 Å². The third-order valence-corrected chi connectivity index (χ3v) is 4.87. The van der Waals surface area contributed by atoms with E-state index in [0.29, 0.717) is 30.5 Å². The van der Waals surface area contributed by atoms with Crippen molar-refractivity contribution in [3.05, 3.63) is 29.8 Å². The van der Waals surface area contributed by atoms with Gasteiger partial charge in [-0.05, 0) is 30.9 Å².